The Kier molecular flexibility index (Phi) is 2.19. The predicted molar refractivity (Wildman–Crippen MR) is 54.8 cm³/mol. The normalized spacial score (nSPS) is 16.1. The number of hydrogen-bond donors (Lipinski definition) is 1. The fourth-order valence-electron chi connectivity index (χ4n) is 1.43. The van der Waals surface area contributed by atoms with Crippen molar-refractivity contribution in [1.29, 1.82) is 0 Å². The molecule has 1 aliphatic rings. The molecule has 2 nitrogen and oxygen atoms in total. The summed E-state index contributed by atoms with van der Waals surface area (Å²) in [6.45, 7) is 0. The smallest absolute Gasteiger partial charge is 0.200 e. The topological polar surface area (TPSA) is 37.3 Å². The highest BCUT2D eigenvalue weighted by atomic mass is 16.3. The van der Waals surface area contributed by atoms with E-state index in [2.05, 4.69) is 0 Å². The number of hydrogen-bond acceptors (Lipinski definition) is 2. The summed E-state index contributed by atoms with van der Waals surface area (Å²) >= 11 is 0. The van der Waals surface area contributed by atoms with E-state index in [-0.39, 0.29) is 18.0 Å². The third-order valence-electron chi connectivity index (χ3n) is 2.19. The molecule has 0 radical (unpaired) electrons. The molecule has 0 bridgehead atoms. The van der Waals surface area contributed by atoms with E-state index >= 15 is 0 Å². The van der Waals surface area contributed by atoms with Crippen LogP contribution in [0.5, 0.6) is 0 Å². The summed E-state index contributed by atoms with van der Waals surface area (Å²) in [6, 6.07) is 9.69. The van der Waals surface area contributed by atoms with Gasteiger partial charge >= 0.3 is 0 Å². The molecule has 70 valence electrons. The van der Waals surface area contributed by atoms with E-state index in [1.165, 1.54) is 6.08 Å². The van der Waals surface area contributed by atoms with Crippen molar-refractivity contribution in [2.24, 2.45) is 0 Å². The van der Waals surface area contributed by atoms with Crippen molar-refractivity contribution in [3.8, 4) is 0 Å². The van der Waals surface area contributed by atoms with Gasteiger partial charge in [-0.25, -0.2) is 0 Å². The van der Waals surface area contributed by atoms with Crippen molar-refractivity contribution in [2.45, 2.75) is 6.42 Å². The third kappa shape index (κ3) is 1.59. The average molecular weight is 186 g/mol. The van der Waals surface area contributed by atoms with Crippen LogP contribution in [0.3, 0.4) is 0 Å². The number of benzene rings is 1. The molecular weight excluding hydrogens is 176 g/mol. The van der Waals surface area contributed by atoms with Gasteiger partial charge in [0, 0.05) is 6.42 Å². The highest BCUT2D eigenvalue weighted by Gasteiger charge is 2.13. The van der Waals surface area contributed by atoms with Gasteiger partial charge in [-0.3, -0.25) is 4.79 Å². The monoisotopic (exact) mass is 186 g/mol. The molecule has 1 aromatic carbocycles. The van der Waals surface area contributed by atoms with Gasteiger partial charge in [-0.1, -0.05) is 36.4 Å². The number of aliphatic hydroxyl groups excluding tert-OH is 1. The number of rotatable bonds is 1. The first kappa shape index (κ1) is 8.75. The van der Waals surface area contributed by atoms with E-state index in [1.807, 2.05) is 36.4 Å². The Labute approximate surface area is 82.2 Å². The maximum absolute atomic E-state index is 11.0. The Morgan fingerprint density at radius 1 is 1.14 bits per heavy atom. The van der Waals surface area contributed by atoms with Crippen LogP contribution < -0.4 is 0 Å². The second kappa shape index (κ2) is 3.50. The molecule has 1 aliphatic carbocycles. The second-order valence-electron chi connectivity index (χ2n) is 3.18. The molecule has 14 heavy (non-hydrogen) atoms. The molecule has 1 N–H and O–H groups in total. The Morgan fingerprint density at radius 3 is 2.50 bits per heavy atom. The number of ketones is 1. The summed E-state index contributed by atoms with van der Waals surface area (Å²) in [7, 11) is 0. The lowest BCUT2D eigenvalue weighted by atomic mass is 9.98. The first-order chi connectivity index (χ1) is 6.77. The summed E-state index contributed by atoms with van der Waals surface area (Å²) in [5.74, 6) is -0.365. The van der Waals surface area contributed by atoms with Gasteiger partial charge in [-0.2, -0.15) is 0 Å². The van der Waals surface area contributed by atoms with Crippen molar-refractivity contribution >= 4 is 11.4 Å². The quantitative estimate of drug-likeness (QED) is 0.731. The van der Waals surface area contributed by atoms with Gasteiger partial charge in [-0.05, 0) is 17.2 Å². The molecule has 0 amide bonds. The number of Topliss-reactive ketones (excluding diaryl/α,β-unsaturated/α-hetero) is 1. The van der Waals surface area contributed by atoms with Crippen LogP contribution in [0.25, 0.3) is 5.57 Å². The zero-order valence-corrected chi connectivity index (χ0v) is 7.60. The number of carbonyl (C=O) groups is 1. The average Bonchev–Trinajstić information content (AvgIpc) is 2.23. The Hall–Kier alpha value is -1.83. The molecule has 2 rings (SSSR count). The van der Waals surface area contributed by atoms with Crippen molar-refractivity contribution in [3.05, 3.63) is 53.8 Å². The van der Waals surface area contributed by atoms with Crippen molar-refractivity contribution < 1.29 is 9.90 Å². The first-order valence-corrected chi connectivity index (χ1v) is 4.47. The molecule has 0 fully saturated rings. The second-order valence-corrected chi connectivity index (χ2v) is 3.18. The van der Waals surface area contributed by atoms with Gasteiger partial charge in [0.25, 0.3) is 0 Å². The minimum atomic E-state index is -0.218. The van der Waals surface area contributed by atoms with Crippen LogP contribution in [0.1, 0.15) is 12.0 Å². The Morgan fingerprint density at radius 2 is 1.86 bits per heavy atom. The third-order valence-corrected chi connectivity index (χ3v) is 2.19. The lowest BCUT2D eigenvalue weighted by molar-refractivity contribution is -0.117. The fourth-order valence-corrected chi connectivity index (χ4v) is 1.43. The summed E-state index contributed by atoms with van der Waals surface area (Å²) < 4.78 is 0. The molecule has 0 saturated heterocycles. The number of carbonyl (C=O) groups excluding carboxylic acids is 1. The van der Waals surface area contributed by atoms with Crippen LogP contribution in [-0.4, -0.2) is 10.9 Å². The van der Waals surface area contributed by atoms with Crippen LogP contribution in [0.15, 0.2) is 48.2 Å². The molecule has 0 saturated carbocycles. The van der Waals surface area contributed by atoms with E-state index in [0.29, 0.717) is 0 Å². The Balaban J connectivity index is 2.35. The number of allylic oxidation sites excluding steroid dienone is 4. The van der Waals surface area contributed by atoms with Crippen molar-refractivity contribution in [3.63, 3.8) is 0 Å². The lowest BCUT2D eigenvalue weighted by Crippen LogP contribution is -2.04. The van der Waals surface area contributed by atoms with Crippen molar-refractivity contribution in [1.82, 2.24) is 0 Å². The van der Waals surface area contributed by atoms with Crippen LogP contribution in [0, 0.1) is 0 Å². The largest absolute Gasteiger partial charge is 0.504 e. The summed E-state index contributed by atoms with van der Waals surface area (Å²) in [5.41, 5.74) is 1.93. The maximum atomic E-state index is 11.0. The van der Waals surface area contributed by atoms with Crippen LogP contribution in [0.2, 0.25) is 0 Å². The minimum Gasteiger partial charge on any atom is -0.504 e. The molecule has 0 atom stereocenters. The molecule has 0 heterocycles. The SMILES string of the molecule is O=C1CC=C(c2ccccc2)C=C1O. The summed E-state index contributed by atoms with van der Waals surface area (Å²) in [6.07, 6.45) is 3.63. The zero-order chi connectivity index (χ0) is 9.97. The van der Waals surface area contributed by atoms with Gasteiger partial charge < -0.3 is 5.11 Å². The van der Waals surface area contributed by atoms with Gasteiger partial charge in [0.2, 0.25) is 5.78 Å². The van der Waals surface area contributed by atoms with Gasteiger partial charge in [0.1, 0.15) is 0 Å². The van der Waals surface area contributed by atoms with E-state index in [0.717, 1.165) is 11.1 Å². The predicted octanol–water partition coefficient (Wildman–Crippen LogP) is 2.48. The van der Waals surface area contributed by atoms with E-state index in [9.17, 15) is 9.90 Å². The fraction of sp³-hybridized carbons (Fsp3) is 0.0833. The van der Waals surface area contributed by atoms with Crippen LogP contribution >= 0.6 is 0 Å². The Bertz CT molecular complexity index is 413. The van der Waals surface area contributed by atoms with Gasteiger partial charge in [-0.15, -0.1) is 0 Å². The highest BCUT2D eigenvalue weighted by molar-refractivity contribution is 6.00. The molecule has 1 aromatic rings. The van der Waals surface area contributed by atoms with E-state index < -0.39 is 0 Å². The zero-order valence-electron chi connectivity index (χ0n) is 7.60. The molecule has 0 spiro atoms. The standard InChI is InChI=1S/C12H10O2/c13-11-7-6-10(8-12(11)14)9-4-2-1-3-5-9/h1-6,8,14H,7H2. The minimum absolute atomic E-state index is 0.147. The molecule has 2 heteroatoms. The lowest BCUT2D eigenvalue weighted by Gasteiger charge is -2.08. The molecular formula is C12H10O2. The van der Waals surface area contributed by atoms with Crippen molar-refractivity contribution in [2.75, 3.05) is 0 Å². The number of aliphatic hydroxyl groups is 1. The molecule has 0 unspecified atom stereocenters. The van der Waals surface area contributed by atoms with Gasteiger partial charge in [0.15, 0.2) is 5.76 Å². The van der Waals surface area contributed by atoms with E-state index in [4.69, 9.17) is 0 Å². The van der Waals surface area contributed by atoms with Crippen LogP contribution in [-0.2, 0) is 4.79 Å². The summed E-state index contributed by atoms with van der Waals surface area (Å²) in [5, 5.41) is 9.28. The highest BCUT2D eigenvalue weighted by Crippen LogP contribution is 2.21. The first-order valence-electron chi connectivity index (χ1n) is 4.47. The van der Waals surface area contributed by atoms with Gasteiger partial charge in [0.05, 0.1) is 0 Å². The van der Waals surface area contributed by atoms with E-state index in [1.54, 1.807) is 0 Å². The molecule has 0 aliphatic heterocycles. The van der Waals surface area contributed by atoms with Crippen LogP contribution in [0.4, 0.5) is 0 Å². The summed E-state index contributed by atoms with van der Waals surface area (Å²) in [4.78, 5) is 11.0. The molecule has 0 aromatic heterocycles. The maximum Gasteiger partial charge on any atom is 0.200 e.